The fourth-order valence-corrected chi connectivity index (χ4v) is 4.12. The number of amides is 2. The number of thiazole rings is 1. The van der Waals surface area contributed by atoms with E-state index in [0.29, 0.717) is 26.2 Å². The van der Waals surface area contributed by atoms with Crippen molar-refractivity contribution in [3.8, 4) is 0 Å². The van der Waals surface area contributed by atoms with E-state index in [9.17, 15) is 9.59 Å². The quantitative estimate of drug-likeness (QED) is 0.788. The number of carbonyl (C=O) groups is 2. The van der Waals surface area contributed by atoms with Crippen LogP contribution in [-0.4, -0.2) is 71.7 Å². The lowest BCUT2D eigenvalue weighted by atomic mass is 9.96. The number of anilines is 1. The molecule has 0 N–H and O–H groups in total. The van der Waals surface area contributed by atoms with Gasteiger partial charge < -0.3 is 19.4 Å². The molecule has 0 radical (unpaired) electrons. The second-order valence-corrected chi connectivity index (χ2v) is 8.77. The van der Waals surface area contributed by atoms with E-state index < -0.39 is 5.60 Å². The van der Waals surface area contributed by atoms with Crippen molar-refractivity contribution in [3.05, 3.63) is 11.6 Å². The highest BCUT2D eigenvalue weighted by Gasteiger charge is 2.34. The first-order chi connectivity index (χ1) is 12.3. The molecule has 2 saturated heterocycles. The molecule has 2 aliphatic heterocycles. The first-order valence-electron chi connectivity index (χ1n) is 9.24. The number of hydrogen-bond acceptors (Lipinski definition) is 6. The van der Waals surface area contributed by atoms with Crippen molar-refractivity contribution in [2.75, 3.05) is 44.2 Å². The summed E-state index contributed by atoms with van der Waals surface area (Å²) in [5.74, 6) is 0.0414. The molecule has 0 aliphatic carbocycles. The van der Waals surface area contributed by atoms with Crippen LogP contribution in [0.1, 0.15) is 33.6 Å². The van der Waals surface area contributed by atoms with Gasteiger partial charge in [-0.05, 0) is 33.6 Å². The van der Waals surface area contributed by atoms with Crippen molar-refractivity contribution in [3.63, 3.8) is 0 Å². The summed E-state index contributed by atoms with van der Waals surface area (Å²) in [5.41, 5.74) is -0.514. The van der Waals surface area contributed by atoms with Crippen molar-refractivity contribution in [2.45, 2.75) is 39.2 Å². The number of piperidine rings is 1. The molecule has 1 aromatic rings. The smallest absolute Gasteiger partial charge is 0.410 e. The number of rotatable bonds is 2. The van der Waals surface area contributed by atoms with Crippen LogP contribution in [0.25, 0.3) is 0 Å². The summed E-state index contributed by atoms with van der Waals surface area (Å²) < 4.78 is 5.46. The molecule has 0 aromatic carbocycles. The minimum atomic E-state index is -0.514. The number of piperazine rings is 1. The summed E-state index contributed by atoms with van der Waals surface area (Å²) in [6.45, 7) is 9.74. The highest BCUT2D eigenvalue weighted by atomic mass is 32.1. The predicted octanol–water partition coefficient (Wildman–Crippen LogP) is 2.44. The summed E-state index contributed by atoms with van der Waals surface area (Å²) in [6, 6.07) is 0. The van der Waals surface area contributed by atoms with Crippen LogP contribution >= 0.6 is 11.3 Å². The molecule has 26 heavy (non-hydrogen) atoms. The van der Waals surface area contributed by atoms with Gasteiger partial charge in [0, 0.05) is 50.8 Å². The van der Waals surface area contributed by atoms with Gasteiger partial charge in [-0.2, -0.15) is 0 Å². The molecule has 0 bridgehead atoms. The zero-order chi connectivity index (χ0) is 18.7. The van der Waals surface area contributed by atoms with Crippen LogP contribution in [0.4, 0.5) is 9.93 Å². The van der Waals surface area contributed by atoms with E-state index in [2.05, 4.69) is 9.88 Å². The van der Waals surface area contributed by atoms with Gasteiger partial charge in [-0.25, -0.2) is 9.78 Å². The molecular weight excluding hydrogens is 352 g/mol. The Kier molecular flexibility index (Phi) is 5.70. The molecule has 1 aromatic heterocycles. The number of nitrogens with zero attached hydrogens (tertiary/aromatic N) is 4. The Morgan fingerprint density at radius 3 is 2.50 bits per heavy atom. The molecular formula is C18H28N4O3S. The fourth-order valence-electron chi connectivity index (χ4n) is 3.42. The maximum Gasteiger partial charge on any atom is 0.410 e. The zero-order valence-corrected chi connectivity index (χ0v) is 16.6. The number of carbonyl (C=O) groups excluding carboxylic acids is 2. The van der Waals surface area contributed by atoms with E-state index in [1.54, 1.807) is 16.2 Å². The lowest BCUT2D eigenvalue weighted by Crippen LogP contribution is -2.53. The van der Waals surface area contributed by atoms with E-state index in [-0.39, 0.29) is 17.9 Å². The molecule has 8 heteroatoms. The Hall–Kier alpha value is -1.83. The number of likely N-dealkylation sites (tertiary alicyclic amines) is 1. The topological polar surface area (TPSA) is 66.0 Å². The molecule has 2 amide bonds. The zero-order valence-electron chi connectivity index (χ0n) is 15.8. The molecule has 2 aliphatic rings. The molecule has 0 spiro atoms. The van der Waals surface area contributed by atoms with Crippen molar-refractivity contribution in [1.82, 2.24) is 14.8 Å². The first kappa shape index (κ1) is 18.9. The standard InChI is InChI=1S/C18H28N4O3S/c1-18(2,3)25-17(24)22-7-4-5-14(13-22)15(23)20-8-10-21(11-9-20)16-19-6-12-26-16/h6,12,14H,4-5,7-11,13H2,1-3H3. The highest BCUT2D eigenvalue weighted by Crippen LogP contribution is 2.23. The molecule has 0 saturated carbocycles. The third kappa shape index (κ3) is 4.66. The normalized spacial score (nSPS) is 21.7. The molecule has 2 fully saturated rings. The van der Waals surface area contributed by atoms with Gasteiger partial charge in [-0.15, -0.1) is 11.3 Å². The van der Waals surface area contributed by atoms with Gasteiger partial charge in [-0.1, -0.05) is 0 Å². The van der Waals surface area contributed by atoms with Gasteiger partial charge in [0.25, 0.3) is 0 Å². The van der Waals surface area contributed by atoms with Gasteiger partial charge in [0.15, 0.2) is 5.13 Å². The van der Waals surface area contributed by atoms with Crippen LogP contribution in [0.15, 0.2) is 11.6 Å². The summed E-state index contributed by atoms with van der Waals surface area (Å²) in [5, 5.41) is 2.99. The molecule has 3 rings (SSSR count). The summed E-state index contributed by atoms with van der Waals surface area (Å²) in [4.78, 5) is 35.4. The Morgan fingerprint density at radius 1 is 1.15 bits per heavy atom. The van der Waals surface area contributed by atoms with Gasteiger partial charge >= 0.3 is 6.09 Å². The maximum atomic E-state index is 12.9. The molecule has 7 nitrogen and oxygen atoms in total. The average molecular weight is 381 g/mol. The minimum Gasteiger partial charge on any atom is -0.444 e. The third-order valence-electron chi connectivity index (χ3n) is 4.70. The Bertz CT molecular complexity index is 621. The Labute approximate surface area is 158 Å². The highest BCUT2D eigenvalue weighted by molar-refractivity contribution is 7.13. The Morgan fingerprint density at radius 2 is 1.88 bits per heavy atom. The fraction of sp³-hybridized carbons (Fsp3) is 0.722. The van der Waals surface area contributed by atoms with E-state index in [4.69, 9.17) is 4.74 Å². The van der Waals surface area contributed by atoms with E-state index in [0.717, 1.165) is 31.1 Å². The molecule has 1 unspecified atom stereocenters. The SMILES string of the molecule is CC(C)(C)OC(=O)N1CCCC(C(=O)N2CCN(c3nccs3)CC2)C1. The van der Waals surface area contributed by atoms with Crippen LogP contribution in [0, 0.1) is 5.92 Å². The van der Waals surface area contributed by atoms with Crippen LogP contribution in [0.5, 0.6) is 0 Å². The van der Waals surface area contributed by atoms with Gasteiger partial charge in [-0.3, -0.25) is 4.79 Å². The number of aromatic nitrogens is 1. The Balaban J connectivity index is 1.52. The van der Waals surface area contributed by atoms with Crippen LogP contribution < -0.4 is 4.90 Å². The van der Waals surface area contributed by atoms with Crippen molar-refractivity contribution in [2.24, 2.45) is 5.92 Å². The second-order valence-electron chi connectivity index (χ2n) is 7.89. The monoisotopic (exact) mass is 380 g/mol. The summed E-state index contributed by atoms with van der Waals surface area (Å²) >= 11 is 1.63. The summed E-state index contributed by atoms with van der Waals surface area (Å²) in [7, 11) is 0. The lowest BCUT2D eigenvalue weighted by molar-refractivity contribution is -0.137. The second kappa shape index (κ2) is 7.82. The first-order valence-corrected chi connectivity index (χ1v) is 10.1. The predicted molar refractivity (Wildman–Crippen MR) is 101 cm³/mol. The average Bonchev–Trinajstić information content (AvgIpc) is 3.14. The van der Waals surface area contributed by atoms with Crippen molar-refractivity contribution in [1.29, 1.82) is 0 Å². The third-order valence-corrected chi connectivity index (χ3v) is 5.54. The van der Waals surface area contributed by atoms with Crippen LogP contribution in [0.3, 0.4) is 0 Å². The molecule has 1 atom stereocenters. The largest absolute Gasteiger partial charge is 0.444 e. The number of hydrogen-bond donors (Lipinski definition) is 0. The minimum absolute atomic E-state index is 0.123. The van der Waals surface area contributed by atoms with Crippen LogP contribution in [-0.2, 0) is 9.53 Å². The van der Waals surface area contributed by atoms with E-state index in [1.165, 1.54) is 0 Å². The maximum absolute atomic E-state index is 12.9. The summed E-state index contributed by atoms with van der Waals surface area (Å²) in [6.07, 6.45) is 3.17. The van der Waals surface area contributed by atoms with Gasteiger partial charge in [0.1, 0.15) is 5.60 Å². The molecule has 144 valence electrons. The van der Waals surface area contributed by atoms with E-state index in [1.807, 2.05) is 37.2 Å². The van der Waals surface area contributed by atoms with Gasteiger partial charge in [0.05, 0.1) is 5.92 Å². The number of ether oxygens (including phenoxy) is 1. The van der Waals surface area contributed by atoms with E-state index >= 15 is 0 Å². The van der Waals surface area contributed by atoms with Gasteiger partial charge in [0.2, 0.25) is 5.91 Å². The molecule has 3 heterocycles. The van der Waals surface area contributed by atoms with Crippen molar-refractivity contribution < 1.29 is 14.3 Å². The van der Waals surface area contributed by atoms with Crippen LogP contribution in [0.2, 0.25) is 0 Å². The lowest BCUT2D eigenvalue weighted by Gasteiger charge is -2.39. The van der Waals surface area contributed by atoms with Crippen molar-refractivity contribution >= 4 is 28.5 Å².